The van der Waals surface area contributed by atoms with Crippen molar-refractivity contribution in [2.24, 2.45) is 5.41 Å². The van der Waals surface area contributed by atoms with Crippen molar-refractivity contribution in [3.05, 3.63) is 23.5 Å². The molecule has 0 aliphatic rings. The molecular formula is C16H29N. The maximum Gasteiger partial charge on any atom is 0.0419 e. The first-order chi connectivity index (χ1) is 7.75. The summed E-state index contributed by atoms with van der Waals surface area (Å²) >= 11 is 0. The average molecular weight is 235 g/mol. The fraction of sp³-hybridized carbons (Fsp3) is 0.750. The summed E-state index contributed by atoms with van der Waals surface area (Å²) in [5, 5.41) is 0. The van der Waals surface area contributed by atoms with Gasteiger partial charge in [-0.2, -0.15) is 0 Å². The van der Waals surface area contributed by atoms with Crippen LogP contribution in [0.15, 0.2) is 12.1 Å². The Labute approximate surface area is 107 Å². The molecule has 1 rings (SSSR count). The van der Waals surface area contributed by atoms with Crippen LogP contribution >= 0.6 is 0 Å². The molecule has 0 amide bonds. The van der Waals surface area contributed by atoms with Crippen LogP contribution in [0.25, 0.3) is 0 Å². The van der Waals surface area contributed by atoms with Crippen molar-refractivity contribution in [2.45, 2.75) is 73.3 Å². The summed E-state index contributed by atoms with van der Waals surface area (Å²) in [6.07, 6.45) is 3.66. The number of hydrogen-bond donors (Lipinski definition) is 0. The molecule has 0 radical (unpaired) electrons. The average Bonchev–Trinajstić information content (AvgIpc) is 2.58. The van der Waals surface area contributed by atoms with E-state index in [9.17, 15) is 0 Å². The van der Waals surface area contributed by atoms with E-state index in [4.69, 9.17) is 0 Å². The van der Waals surface area contributed by atoms with Crippen LogP contribution in [-0.2, 0) is 5.54 Å². The van der Waals surface area contributed by atoms with Crippen molar-refractivity contribution in [2.75, 3.05) is 0 Å². The molecule has 0 saturated heterocycles. The minimum absolute atomic E-state index is 0.247. The molecule has 1 atom stereocenters. The van der Waals surface area contributed by atoms with Crippen molar-refractivity contribution >= 4 is 0 Å². The summed E-state index contributed by atoms with van der Waals surface area (Å²) in [5.74, 6) is 0. The zero-order chi connectivity index (χ0) is 13.3. The molecular weight excluding hydrogens is 206 g/mol. The van der Waals surface area contributed by atoms with Gasteiger partial charge < -0.3 is 4.57 Å². The van der Waals surface area contributed by atoms with Crippen LogP contribution in [0.5, 0.6) is 0 Å². The monoisotopic (exact) mass is 235 g/mol. The molecule has 0 bridgehead atoms. The van der Waals surface area contributed by atoms with Gasteiger partial charge in [-0.05, 0) is 51.2 Å². The Kier molecular flexibility index (Phi) is 4.11. The second-order valence-corrected chi connectivity index (χ2v) is 6.50. The first-order valence-electron chi connectivity index (χ1n) is 6.91. The molecule has 0 N–H and O–H groups in total. The number of hydrogen-bond acceptors (Lipinski definition) is 0. The Morgan fingerprint density at radius 3 is 1.76 bits per heavy atom. The normalized spacial score (nSPS) is 15.9. The van der Waals surface area contributed by atoms with Crippen LogP contribution in [-0.4, -0.2) is 4.57 Å². The van der Waals surface area contributed by atoms with E-state index in [0.29, 0.717) is 5.41 Å². The van der Waals surface area contributed by atoms with Crippen LogP contribution < -0.4 is 0 Å². The van der Waals surface area contributed by atoms with Crippen molar-refractivity contribution in [3.8, 4) is 0 Å². The van der Waals surface area contributed by atoms with E-state index in [1.807, 2.05) is 0 Å². The molecule has 0 fully saturated rings. The lowest BCUT2D eigenvalue weighted by atomic mass is 9.76. The predicted molar refractivity (Wildman–Crippen MR) is 76.5 cm³/mol. The fourth-order valence-corrected chi connectivity index (χ4v) is 3.04. The zero-order valence-electron chi connectivity index (χ0n) is 12.7. The van der Waals surface area contributed by atoms with Gasteiger partial charge in [-0.25, -0.2) is 0 Å². The first kappa shape index (κ1) is 14.3. The van der Waals surface area contributed by atoms with Gasteiger partial charge in [-0.1, -0.05) is 34.1 Å². The van der Waals surface area contributed by atoms with Gasteiger partial charge in [0.15, 0.2) is 0 Å². The van der Waals surface area contributed by atoms with Gasteiger partial charge in [0.1, 0.15) is 0 Å². The van der Waals surface area contributed by atoms with Gasteiger partial charge in [0.25, 0.3) is 0 Å². The lowest BCUT2D eigenvalue weighted by molar-refractivity contribution is 0.164. The van der Waals surface area contributed by atoms with Crippen molar-refractivity contribution in [1.29, 1.82) is 0 Å². The Hall–Kier alpha value is -0.720. The van der Waals surface area contributed by atoms with Crippen LogP contribution in [0, 0.1) is 19.3 Å². The second kappa shape index (κ2) is 4.88. The third kappa shape index (κ3) is 2.94. The highest BCUT2D eigenvalue weighted by Crippen LogP contribution is 2.39. The SMILES string of the molecule is CCC(C)(C)CC(C)(CC)n1c(C)ccc1C. The van der Waals surface area contributed by atoms with E-state index in [1.165, 1.54) is 30.7 Å². The fourth-order valence-electron chi connectivity index (χ4n) is 3.04. The quantitative estimate of drug-likeness (QED) is 0.672. The largest absolute Gasteiger partial charge is 0.343 e. The molecule has 98 valence electrons. The molecule has 0 aliphatic heterocycles. The van der Waals surface area contributed by atoms with Gasteiger partial charge in [0.2, 0.25) is 0 Å². The zero-order valence-corrected chi connectivity index (χ0v) is 12.7. The van der Waals surface area contributed by atoms with Crippen molar-refractivity contribution in [1.82, 2.24) is 4.57 Å². The maximum absolute atomic E-state index is 2.53. The highest BCUT2D eigenvalue weighted by atomic mass is 15.1. The molecule has 1 unspecified atom stereocenters. The molecule has 1 aromatic rings. The first-order valence-corrected chi connectivity index (χ1v) is 6.91. The van der Waals surface area contributed by atoms with E-state index in [1.54, 1.807) is 0 Å². The summed E-state index contributed by atoms with van der Waals surface area (Å²) in [6, 6.07) is 4.48. The molecule has 0 aliphatic carbocycles. The Morgan fingerprint density at radius 2 is 1.41 bits per heavy atom. The van der Waals surface area contributed by atoms with E-state index in [2.05, 4.69) is 65.2 Å². The highest BCUT2D eigenvalue weighted by Gasteiger charge is 2.32. The number of rotatable bonds is 5. The van der Waals surface area contributed by atoms with Crippen LogP contribution in [0.3, 0.4) is 0 Å². The Bertz CT molecular complexity index is 353. The lowest BCUT2D eigenvalue weighted by Crippen LogP contribution is -2.36. The van der Waals surface area contributed by atoms with E-state index < -0.39 is 0 Å². The van der Waals surface area contributed by atoms with Crippen molar-refractivity contribution in [3.63, 3.8) is 0 Å². The van der Waals surface area contributed by atoms with Gasteiger partial charge in [0.05, 0.1) is 0 Å². The second-order valence-electron chi connectivity index (χ2n) is 6.50. The van der Waals surface area contributed by atoms with E-state index in [-0.39, 0.29) is 5.54 Å². The van der Waals surface area contributed by atoms with Crippen molar-refractivity contribution < 1.29 is 0 Å². The predicted octanol–water partition coefficient (Wildman–Crippen LogP) is 5.06. The summed E-state index contributed by atoms with van der Waals surface area (Å²) in [6.45, 7) is 16.2. The molecule has 1 nitrogen and oxygen atoms in total. The standard InChI is InChI=1S/C16H29N/c1-8-15(5,6)12-16(7,9-2)17-13(3)10-11-14(17)4/h10-11H,8-9,12H2,1-7H3. The molecule has 1 heteroatoms. The highest BCUT2D eigenvalue weighted by molar-refractivity contribution is 5.17. The smallest absolute Gasteiger partial charge is 0.0419 e. The Morgan fingerprint density at radius 1 is 0.941 bits per heavy atom. The maximum atomic E-state index is 2.53. The molecule has 17 heavy (non-hydrogen) atoms. The van der Waals surface area contributed by atoms with Crippen LogP contribution in [0.2, 0.25) is 0 Å². The molecule has 0 saturated carbocycles. The van der Waals surface area contributed by atoms with Gasteiger partial charge in [-0.15, -0.1) is 0 Å². The third-order valence-electron chi connectivity index (χ3n) is 4.39. The molecule has 1 heterocycles. The molecule has 0 aromatic carbocycles. The number of nitrogens with zero attached hydrogens (tertiary/aromatic N) is 1. The topological polar surface area (TPSA) is 4.93 Å². The number of aromatic nitrogens is 1. The van der Waals surface area contributed by atoms with E-state index >= 15 is 0 Å². The molecule has 0 spiro atoms. The summed E-state index contributed by atoms with van der Waals surface area (Å²) in [7, 11) is 0. The van der Waals surface area contributed by atoms with Gasteiger partial charge in [0, 0.05) is 16.9 Å². The Balaban J connectivity index is 3.13. The minimum atomic E-state index is 0.247. The number of aryl methyl sites for hydroxylation is 2. The third-order valence-corrected chi connectivity index (χ3v) is 4.39. The molecule has 1 aromatic heterocycles. The summed E-state index contributed by atoms with van der Waals surface area (Å²) < 4.78 is 2.53. The summed E-state index contributed by atoms with van der Waals surface area (Å²) in [4.78, 5) is 0. The van der Waals surface area contributed by atoms with Crippen LogP contribution in [0.4, 0.5) is 0 Å². The summed E-state index contributed by atoms with van der Waals surface area (Å²) in [5.41, 5.74) is 3.43. The minimum Gasteiger partial charge on any atom is -0.343 e. The lowest BCUT2D eigenvalue weighted by Gasteiger charge is -2.40. The van der Waals surface area contributed by atoms with E-state index in [0.717, 1.165) is 0 Å². The van der Waals surface area contributed by atoms with Crippen LogP contribution in [0.1, 0.15) is 65.3 Å². The van der Waals surface area contributed by atoms with Gasteiger partial charge >= 0.3 is 0 Å². The van der Waals surface area contributed by atoms with Gasteiger partial charge in [-0.3, -0.25) is 0 Å².